The zero-order valence-electron chi connectivity index (χ0n) is 17.6. The molecule has 5 N–H and O–H groups in total. The van der Waals surface area contributed by atoms with Gasteiger partial charge in [0, 0.05) is 57.1 Å². The van der Waals surface area contributed by atoms with Crippen molar-refractivity contribution < 1.29 is 5.11 Å². The predicted molar refractivity (Wildman–Crippen MR) is 121 cm³/mol. The second-order valence-electron chi connectivity index (χ2n) is 7.09. The van der Waals surface area contributed by atoms with Gasteiger partial charge in [-0.3, -0.25) is 4.99 Å². The molecule has 0 spiro atoms. The van der Waals surface area contributed by atoms with Crippen LogP contribution in [0.5, 0.6) is 5.75 Å². The second-order valence-corrected chi connectivity index (χ2v) is 7.09. The van der Waals surface area contributed by atoms with Gasteiger partial charge in [0.1, 0.15) is 17.1 Å². The fourth-order valence-corrected chi connectivity index (χ4v) is 2.93. The summed E-state index contributed by atoms with van der Waals surface area (Å²) in [5.74, 6) is 0.891. The van der Waals surface area contributed by atoms with Crippen molar-refractivity contribution in [2.45, 2.75) is 26.7 Å². The molecule has 9 heteroatoms. The second kappa shape index (κ2) is 10.7. The van der Waals surface area contributed by atoms with Gasteiger partial charge in [0.25, 0.3) is 0 Å². The summed E-state index contributed by atoms with van der Waals surface area (Å²) >= 11 is 0. The Morgan fingerprint density at radius 1 is 1.27 bits per heavy atom. The number of nitrogens with one attached hydrogen (secondary N) is 2. The molecule has 0 bridgehead atoms. The zero-order chi connectivity index (χ0) is 21.3. The molecule has 1 saturated heterocycles. The lowest BCUT2D eigenvalue weighted by Gasteiger charge is -2.27. The summed E-state index contributed by atoms with van der Waals surface area (Å²) in [5.41, 5.74) is 9.02. The van der Waals surface area contributed by atoms with E-state index in [1.165, 1.54) is 6.42 Å². The van der Waals surface area contributed by atoms with Gasteiger partial charge < -0.3 is 26.4 Å². The van der Waals surface area contributed by atoms with Gasteiger partial charge in [-0.05, 0) is 12.1 Å². The molecule has 0 aromatic carbocycles. The van der Waals surface area contributed by atoms with Gasteiger partial charge >= 0.3 is 0 Å². The molecule has 1 aliphatic heterocycles. The largest absolute Gasteiger partial charge is 0.506 e. The van der Waals surface area contributed by atoms with E-state index in [2.05, 4.69) is 49.6 Å². The summed E-state index contributed by atoms with van der Waals surface area (Å²) in [5, 5.41) is 25.4. The highest BCUT2D eigenvalue weighted by Gasteiger charge is 2.21. The SMILES string of the molecule is CCC.NCC=NC1=C(Nc2cnc(-c3ccc(N4CCNCC4)nn3)c(O)c2)C1. The van der Waals surface area contributed by atoms with Gasteiger partial charge in [0.15, 0.2) is 5.82 Å². The van der Waals surface area contributed by atoms with Gasteiger partial charge in [0.05, 0.1) is 17.6 Å². The number of pyridine rings is 1. The third-order valence-corrected chi connectivity index (χ3v) is 4.42. The molecule has 0 atom stereocenters. The van der Waals surface area contributed by atoms with E-state index in [0.717, 1.165) is 49.8 Å². The zero-order valence-corrected chi connectivity index (χ0v) is 17.6. The number of hydrogen-bond donors (Lipinski definition) is 4. The summed E-state index contributed by atoms with van der Waals surface area (Å²) < 4.78 is 0. The molecule has 2 aromatic rings. The van der Waals surface area contributed by atoms with Crippen LogP contribution in [-0.2, 0) is 0 Å². The van der Waals surface area contributed by atoms with Crippen LogP contribution in [0.4, 0.5) is 11.5 Å². The average Bonchev–Trinajstić information content (AvgIpc) is 3.51. The number of nitrogens with zero attached hydrogens (tertiary/aromatic N) is 5. The third kappa shape index (κ3) is 5.74. The maximum absolute atomic E-state index is 10.4. The Hall–Kier alpha value is -3.04. The molecule has 0 unspecified atom stereocenters. The Morgan fingerprint density at radius 3 is 2.67 bits per heavy atom. The summed E-state index contributed by atoms with van der Waals surface area (Å²) in [6.07, 6.45) is 5.38. The Morgan fingerprint density at radius 2 is 2.03 bits per heavy atom. The highest BCUT2D eigenvalue weighted by molar-refractivity contribution is 5.68. The smallest absolute Gasteiger partial charge is 0.151 e. The van der Waals surface area contributed by atoms with Crippen LogP contribution >= 0.6 is 0 Å². The fraction of sp³-hybridized carbons (Fsp3) is 0.429. The van der Waals surface area contributed by atoms with Crippen LogP contribution in [0.3, 0.4) is 0 Å². The number of aromatic nitrogens is 3. The number of aromatic hydroxyl groups is 1. The number of nitrogens with two attached hydrogens (primary N) is 1. The first-order chi connectivity index (χ1) is 14.7. The van der Waals surface area contributed by atoms with Crippen molar-refractivity contribution in [2.75, 3.05) is 42.9 Å². The van der Waals surface area contributed by atoms with E-state index < -0.39 is 0 Å². The van der Waals surface area contributed by atoms with Crippen molar-refractivity contribution in [3.05, 3.63) is 35.8 Å². The van der Waals surface area contributed by atoms with Crippen molar-refractivity contribution in [3.63, 3.8) is 0 Å². The monoisotopic (exact) mass is 410 g/mol. The molecular weight excluding hydrogens is 380 g/mol. The lowest BCUT2D eigenvalue weighted by molar-refractivity contribution is 0.475. The van der Waals surface area contributed by atoms with E-state index in [9.17, 15) is 5.11 Å². The lowest BCUT2D eigenvalue weighted by atomic mass is 10.2. The van der Waals surface area contributed by atoms with Gasteiger partial charge in [-0.1, -0.05) is 20.3 Å². The van der Waals surface area contributed by atoms with Crippen LogP contribution in [0.2, 0.25) is 0 Å². The van der Waals surface area contributed by atoms with Crippen molar-refractivity contribution in [1.82, 2.24) is 20.5 Å². The fourth-order valence-electron chi connectivity index (χ4n) is 2.93. The summed E-state index contributed by atoms with van der Waals surface area (Å²) in [4.78, 5) is 10.7. The van der Waals surface area contributed by atoms with E-state index in [1.807, 2.05) is 12.1 Å². The molecule has 0 amide bonds. The van der Waals surface area contributed by atoms with Crippen LogP contribution in [0.25, 0.3) is 11.4 Å². The number of anilines is 2. The number of hydrogen-bond acceptors (Lipinski definition) is 9. The van der Waals surface area contributed by atoms with Crippen LogP contribution in [0, 0.1) is 0 Å². The number of aliphatic imine (C=N–C) groups is 1. The summed E-state index contributed by atoms with van der Waals surface area (Å²) in [7, 11) is 0. The Balaban J connectivity index is 0.000000806. The Kier molecular flexibility index (Phi) is 7.69. The molecule has 1 fully saturated rings. The first-order valence-corrected chi connectivity index (χ1v) is 10.4. The number of allylic oxidation sites excluding steroid dienone is 2. The minimum absolute atomic E-state index is 0.0532. The molecule has 1 aliphatic carbocycles. The quantitative estimate of drug-likeness (QED) is 0.534. The van der Waals surface area contributed by atoms with Crippen LogP contribution in [0.1, 0.15) is 26.7 Å². The average molecular weight is 411 g/mol. The minimum atomic E-state index is 0.0532. The van der Waals surface area contributed by atoms with Crippen LogP contribution < -0.4 is 21.3 Å². The van der Waals surface area contributed by atoms with E-state index in [0.29, 0.717) is 23.6 Å². The van der Waals surface area contributed by atoms with E-state index in [4.69, 9.17) is 5.73 Å². The molecule has 30 heavy (non-hydrogen) atoms. The Bertz CT molecular complexity index is 888. The molecule has 0 radical (unpaired) electrons. The molecule has 2 aliphatic rings. The normalized spacial score (nSPS) is 15.8. The standard InChI is InChI=1S/C18H22N8O.C3H8/c19-3-4-21-14-10-15(14)23-12-9-16(27)18(22-11-12)13-1-2-17(25-24-13)26-7-5-20-6-8-26;1-3-2/h1-2,4,9,11,20,23,27H,3,5-8,10,19H2;3H2,1-2H3. The highest BCUT2D eigenvalue weighted by atomic mass is 16.3. The van der Waals surface area contributed by atoms with Gasteiger partial charge in [-0.15, -0.1) is 10.2 Å². The van der Waals surface area contributed by atoms with Crippen molar-refractivity contribution in [1.29, 1.82) is 0 Å². The van der Waals surface area contributed by atoms with E-state index in [1.54, 1.807) is 18.5 Å². The Labute approximate surface area is 177 Å². The number of rotatable bonds is 6. The van der Waals surface area contributed by atoms with E-state index >= 15 is 0 Å². The molecule has 2 aromatic heterocycles. The highest BCUT2D eigenvalue weighted by Crippen LogP contribution is 2.34. The predicted octanol–water partition coefficient (Wildman–Crippen LogP) is 2.13. The van der Waals surface area contributed by atoms with E-state index in [-0.39, 0.29) is 5.75 Å². The first kappa shape index (κ1) is 21.7. The maximum Gasteiger partial charge on any atom is 0.151 e. The van der Waals surface area contributed by atoms with Crippen LogP contribution in [-0.4, -0.2) is 59.2 Å². The summed E-state index contributed by atoms with van der Waals surface area (Å²) in [6.45, 7) is 8.37. The third-order valence-electron chi connectivity index (χ3n) is 4.42. The maximum atomic E-state index is 10.4. The van der Waals surface area contributed by atoms with Crippen molar-refractivity contribution in [3.8, 4) is 17.1 Å². The molecule has 0 saturated carbocycles. The van der Waals surface area contributed by atoms with Gasteiger partial charge in [-0.25, -0.2) is 4.98 Å². The molecule has 9 nitrogen and oxygen atoms in total. The van der Waals surface area contributed by atoms with Crippen molar-refractivity contribution in [2.24, 2.45) is 10.7 Å². The van der Waals surface area contributed by atoms with Crippen LogP contribution in [0.15, 0.2) is 40.8 Å². The minimum Gasteiger partial charge on any atom is -0.506 e. The lowest BCUT2D eigenvalue weighted by Crippen LogP contribution is -2.43. The molecule has 3 heterocycles. The summed E-state index contributed by atoms with van der Waals surface area (Å²) in [6, 6.07) is 5.38. The number of piperazine rings is 1. The van der Waals surface area contributed by atoms with Crippen molar-refractivity contribution >= 4 is 17.7 Å². The topological polar surface area (TPSA) is 125 Å². The van der Waals surface area contributed by atoms with Gasteiger partial charge in [0.2, 0.25) is 0 Å². The van der Waals surface area contributed by atoms with Gasteiger partial charge in [-0.2, -0.15) is 0 Å². The molecule has 4 rings (SSSR count). The molecular formula is C21H30N8O. The first-order valence-electron chi connectivity index (χ1n) is 10.4. The molecule has 160 valence electrons.